The van der Waals surface area contributed by atoms with E-state index in [9.17, 15) is 0 Å². The lowest BCUT2D eigenvalue weighted by Crippen LogP contribution is -1.88. The van der Waals surface area contributed by atoms with Crippen LogP contribution in [0.15, 0.2) is 40.9 Å². The minimum absolute atomic E-state index is 0.754. The Labute approximate surface area is 126 Å². The number of ether oxygens (including phenoxy) is 1. The summed E-state index contributed by atoms with van der Waals surface area (Å²) in [6.07, 6.45) is 5.13. The molecule has 0 saturated carbocycles. The number of halogens is 2. The maximum atomic E-state index is 5.88. The van der Waals surface area contributed by atoms with Gasteiger partial charge in [0, 0.05) is 21.5 Å². The van der Waals surface area contributed by atoms with Gasteiger partial charge in [-0.25, -0.2) is 0 Å². The van der Waals surface area contributed by atoms with E-state index in [-0.39, 0.29) is 0 Å². The summed E-state index contributed by atoms with van der Waals surface area (Å²) in [5, 5.41) is 0.754. The van der Waals surface area contributed by atoms with Crippen molar-refractivity contribution in [1.82, 2.24) is 0 Å². The molecular weight excluding hydrogens is 324 g/mol. The molecule has 0 saturated heterocycles. The van der Waals surface area contributed by atoms with Crippen LogP contribution < -0.4 is 4.74 Å². The van der Waals surface area contributed by atoms with Crippen LogP contribution in [0, 0.1) is 0 Å². The minimum Gasteiger partial charge on any atom is -0.492 e. The molecule has 0 aromatic heterocycles. The third-order valence-corrected chi connectivity index (χ3v) is 3.81. The van der Waals surface area contributed by atoms with Crippen LogP contribution >= 0.6 is 27.5 Å². The molecule has 0 amide bonds. The molecule has 0 atom stereocenters. The van der Waals surface area contributed by atoms with E-state index in [1.807, 2.05) is 24.3 Å². The number of fused-ring (bicyclic) bond motifs is 1. The van der Waals surface area contributed by atoms with Gasteiger partial charge in [-0.1, -0.05) is 51.8 Å². The molecule has 3 rings (SSSR count). The van der Waals surface area contributed by atoms with Gasteiger partial charge in [0.05, 0.1) is 6.61 Å². The van der Waals surface area contributed by atoms with Crippen molar-refractivity contribution >= 4 is 39.7 Å². The van der Waals surface area contributed by atoms with Crippen molar-refractivity contribution in [2.24, 2.45) is 0 Å². The SMILES string of the molecule is Clc1ccc(/C=C/c2cc(Br)cc3c2OCC3)cc1. The smallest absolute Gasteiger partial charge is 0.129 e. The zero-order valence-corrected chi connectivity index (χ0v) is 12.5. The maximum Gasteiger partial charge on any atom is 0.129 e. The summed E-state index contributed by atoms with van der Waals surface area (Å²) in [4.78, 5) is 0. The van der Waals surface area contributed by atoms with E-state index in [4.69, 9.17) is 16.3 Å². The van der Waals surface area contributed by atoms with E-state index >= 15 is 0 Å². The molecule has 1 aliphatic heterocycles. The summed E-state index contributed by atoms with van der Waals surface area (Å²) in [5.74, 6) is 1.01. The Bertz CT molecular complexity index is 632. The number of hydrogen-bond acceptors (Lipinski definition) is 1. The molecule has 1 aliphatic rings. The second-order valence-corrected chi connectivity index (χ2v) is 5.82. The van der Waals surface area contributed by atoms with Gasteiger partial charge in [0.2, 0.25) is 0 Å². The fraction of sp³-hybridized carbons (Fsp3) is 0.125. The molecule has 0 bridgehead atoms. The molecule has 1 nitrogen and oxygen atoms in total. The third-order valence-electron chi connectivity index (χ3n) is 3.10. The normalized spacial score (nSPS) is 13.6. The predicted octanol–water partition coefficient (Wildman–Crippen LogP) is 5.21. The van der Waals surface area contributed by atoms with Crippen molar-refractivity contribution < 1.29 is 4.74 Å². The Morgan fingerprint density at radius 3 is 2.68 bits per heavy atom. The Kier molecular flexibility index (Phi) is 3.63. The second kappa shape index (κ2) is 5.40. The molecule has 0 N–H and O–H groups in total. The van der Waals surface area contributed by atoms with E-state index in [0.717, 1.165) is 39.4 Å². The van der Waals surface area contributed by atoms with Gasteiger partial charge in [0.25, 0.3) is 0 Å². The summed E-state index contributed by atoms with van der Waals surface area (Å²) in [7, 11) is 0. The highest BCUT2D eigenvalue weighted by Crippen LogP contribution is 2.34. The molecule has 0 radical (unpaired) electrons. The molecule has 0 unspecified atom stereocenters. The lowest BCUT2D eigenvalue weighted by molar-refractivity contribution is 0.356. The summed E-state index contributed by atoms with van der Waals surface area (Å²) < 4.78 is 6.79. The van der Waals surface area contributed by atoms with Crippen LogP contribution in [0.5, 0.6) is 5.75 Å². The first-order chi connectivity index (χ1) is 9.22. The van der Waals surface area contributed by atoms with Crippen LogP contribution in [-0.2, 0) is 6.42 Å². The van der Waals surface area contributed by atoms with Crippen molar-refractivity contribution in [2.75, 3.05) is 6.61 Å². The average Bonchev–Trinajstić information content (AvgIpc) is 2.85. The predicted molar refractivity (Wildman–Crippen MR) is 83.7 cm³/mol. The molecule has 96 valence electrons. The largest absolute Gasteiger partial charge is 0.492 e. The van der Waals surface area contributed by atoms with Gasteiger partial charge in [-0.2, -0.15) is 0 Å². The highest BCUT2D eigenvalue weighted by Gasteiger charge is 2.15. The van der Waals surface area contributed by atoms with E-state index < -0.39 is 0 Å². The summed E-state index contributed by atoms with van der Waals surface area (Å²) >= 11 is 9.42. The van der Waals surface area contributed by atoms with E-state index in [0.29, 0.717) is 0 Å². The summed E-state index contributed by atoms with van der Waals surface area (Å²) in [5.41, 5.74) is 3.50. The summed E-state index contributed by atoms with van der Waals surface area (Å²) in [6.45, 7) is 0.771. The van der Waals surface area contributed by atoms with Crippen LogP contribution in [0.25, 0.3) is 12.2 Å². The second-order valence-electron chi connectivity index (χ2n) is 4.47. The highest BCUT2D eigenvalue weighted by atomic mass is 79.9. The molecular formula is C16H12BrClO. The van der Waals surface area contributed by atoms with Gasteiger partial charge in [-0.3, -0.25) is 0 Å². The van der Waals surface area contributed by atoms with Crippen molar-refractivity contribution in [3.05, 3.63) is 62.6 Å². The molecule has 0 spiro atoms. The third kappa shape index (κ3) is 2.85. The zero-order valence-electron chi connectivity index (χ0n) is 10.2. The first-order valence-corrected chi connectivity index (χ1v) is 7.28. The Balaban J connectivity index is 1.93. The van der Waals surface area contributed by atoms with Crippen molar-refractivity contribution in [2.45, 2.75) is 6.42 Å². The molecule has 3 heteroatoms. The van der Waals surface area contributed by atoms with E-state index in [1.54, 1.807) is 0 Å². The van der Waals surface area contributed by atoms with Crippen LogP contribution in [0.4, 0.5) is 0 Å². The van der Waals surface area contributed by atoms with Gasteiger partial charge >= 0.3 is 0 Å². The quantitative estimate of drug-likeness (QED) is 0.685. The summed E-state index contributed by atoms with van der Waals surface area (Å²) in [6, 6.07) is 12.0. The minimum atomic E-state index is 0.754. The monoisotopic (exact) mass is 334 g/mol. The van der Waals surface area contributed by atoms with Gasteiger partial charge < -0.3 is 4.74 Å². The van der Waals surface area contributed by atoms with Crippen molar-refractivity contribution in [3.8, 4) is 5.75 Å². The topological polar surface area (TPSA) is 9.23 Å². The Hall–Kier alpha value is -1.25. The molecule has 19 heavy (non-hydrogen) atoms. The Morgan fingerprint density at radius 1 is 1.11 bits per heavy atom. The van der Waals surface area contributed by atoms with Crippen LogP contribution in [0.3, 0.4) is 0 Å². The molecule has 0 fully saturated rings. The van der Waals surface area contributed by atoms with E-state index in [2.05, 4.69) is 40.2 Å². The number of rotatable bonds is 2. The Morgan fingerprint density at radius 2 is 1.89 bits per heavy atom. The molecule has 2 aromatic carbocycles. The zero-order chi connectivity index (χ0) is 13.2. The lowest BCUT2D eigenvalue weighted by atomic mass is 10.1. The number of benzene rings is 2. The molecule has 1 heterocycles. The maximum absolute atomic E-state index is 5.88. The van der Waals surface area contributed by atoms with Gasteiger partial charge in [-0.15, -0.1) is 0 Å². The number of hydrogen-bond donors (Lipinski definition) is 0. The van der Waals surface area contributed by atoms with Gasteiger partial charge in [0.1, 0.15) is 5.75 Å². The van der Waals surface area contributed by atoms with Gasteiger partial charge in [-0.05, 0) is 35.4 Å². The fourth-order valence-corrected chi connectivity index (χ4v) is 2.83. The lowest BCUT2D eigenvalue weighted by Gasteiger charge is -2.05. The standard InChI is InChI=1S/C16H12BrClO/c17-14-9-12(16-13(10-14)7-8-19-16)4-1-11-2-5-15(18)6-3-11/h1-6,9-10H,7-8H2/b4-1+. The van der Waals surface area contributed by atoms with Crippen molar-refractivity contribution in [3.63, 3.8) is 0 Å². The van der Waals surface area contributed by atoms with Crippen LogP contribution in [0.2, 0.25) is 5.02 Å². The van der Waals surface area contributed by atoms with Crippen LogP contribution in [-0.4, -0.2) is 6.61 Å². The first kappa shape index (κ1) is 12.8. The van der Waals surface area contributed by atoms with Crippen LogP contribution in [0.1, 0.15) is 16.7 Å². The van der Waals surface area contributed by atoms with Crippen molar-refractivity contribution in [1.29, 1.82) is 0 Å². The highest BCUT2D eigenvalue weighted by molar-refractivity contribution is 9.10. The van der Waals surface area contributed by atoms with E-state index in [1.165, 1.54) is 5.56 Å². The average molecular weight is 336 g/mol. The van der Waals surface area contributed by atoms with Gasteiger partial charge in [0.15, 0.2) is 0 Å². The molecule has 2 aromatic rings. The first-order valence-electron chi connectivity index (χ1n) is 6.11. The molecule has 0 aliphatic carbocycles. The fourth-order valence-electron chi connectivity index (χ4n) is 2.18.